The van der Waals surface area contributed by atoms with Crippen molar-refractivity contribution in [3.63, 3.8) is 0 Å². The standard InChI is InChI=1S/C22H20N2O2.Pt/c1-15(17-9-3-7-13-21(17)25)23-19-11-5-6-12-20(19)24-16(2)18-10-4-8-14-22(18)26;/h3-14,25-26H,1-2H3;. The molecule has 3 aromatic carbocycles. The van der Waals surface area contributed by atoms with Gasteiger partial charge < -0.3 is 10.2 Å². The number of para-hydroxylation sites is 4. The van der Waals surface area contributed by atoms with Gasteiger partial charge in [-0.3, -0.25) is 9.98 Å². The Bertz CT molecular complexity index is 916. The van der Waals surface area contributed by atoms with Gasteiger partial charge in [-0.1, -0.05) is 36.4 Å². The maximum absolute atomic E-state index is 10.0. The van der Waals surface area contributed by atoms with E-state index in [4.69, 9.17) is 0 Å². The molecule has 0 fully saturated rings. The van der Waals surface area contributed by atoms with Crippen molar-refractivity contribution in [3.05, 3.63) is 83.9 Å². The van der Waals surface area contributed by atoms with Crippen LogP contribution in [0.1, 0.15) is 25.0 Å². The smallest absolute Gasteiger partial charge is 0.124 e. The van der Waals surface area contributed by atoms with E-state index < -0.39 is 0 Å². The van der Waals surface area contributed by atoms with Gasteiger partial charge in [-0.25, -0.2) is 0 Å². The van der Waals surface area contributed by atoms with Gasteiger partial charge in [0.25, 0.3) is 0 Å². The number of benzene rings is 3. The summed E-state index contributed by atoms with van der Waals surface area (Å²) in [5.74, 6) is 0.389. The third-order valence-electron chi connectivity index (χ3n) is 4.05. The van der Waals surface area contributed by atoms with Crippen LogP contribution in [-0.2, 0) is 21.1 Å². The third kappa shape index (κ3) is 4.93. The molecule has 140 valence electrons. The van der Waals surface area contributed by atoms with Gasteiger partial charge in [0.05, 0.1) is 11.4 Å². The van der Waals surface area contributed by atoms with E-state index in [0.717, 1.165) is 0 Å². The zero-order valence-corrected chi connectivity index (χ0v) is 17.3. The number of hydrogen-bond donors (Lipinski definition) is 2. The van der Waals surface area contributed by atoms with Crippen LogP contribution in [0, 0.1) is 0 Å². The van der Waals surface area contributed by atoms with E-state index in [0.29, 0.717) is 33.9 Å². The van der Waals surface area contributed by atoms with Gasteiger partial charge in [-0.2, -0.15) is 0 Å². The molecule has 0 aliphatic heterocycles. The summed E-state index contributed by atoms with van der Waals surface area (Å²) in [5.41, 5.74) is 4.16. The molecule has 0 heterocycles. The molecule has 0 amide bonds. The Hall–Kier alpha value is -2.71. The number of hydrogen-bond acceptors (Lipinski definition) is 4. The van der Waals surface area contributed by atoms with Crippen molar-refractivity contribution in [2.24, 2.45) is 9.98 Å². The summed E-state index contributed by atoms with van der Waals surface area (Å²) in [4.78, 5) is 9.29. The minimum Gasteiger partial charge on any atom is -0.507 e. The molecule has 3 aromatic rings. The Morgan fingerprint density at radius 1 is 0.593 bits per heavy atom. The van der Waals surface area contributed by atoms with Crippen LogP contribution in [0.15, 0.2) is 82.8 Å². The number of phenols is 2. The fraction of sp³-hybridized carbons (Fsp3) is 0.0909. The fourth-order valence-electron chi connectivity index (χ4n) is 2.69. The first-order chi connectivity index (χ1) is 12.6. The Balaban J connectivity index is 0.00000261. The van der Waals surface area contributed by atoms with Gasteiger partial charge in [-0.05, 0) is 50.2 Å². The third-order valence-corrected chi connectivity index (χ3v) is 4.05. The minimum atomic E-state index is 0. The van der Waals surface area contributed by atoms with Gasteiger partial charge >= 0.3 is 0 Å². The van der Waals surface area contributed by atoms with Crippen molar-refractivity contribution in [2.75, 3.05) is 0 Å². The molecular formula is C22H20N2O2Pt. The summed E-state index contributed by atoms with van der Waals surface area (Å²) >= 11 is 0. The predicted octanol–water partition coefficient (Wildman–Crippen LogP) is 5.38. The molecule has 5 heteroatoms. The molecule has 0 unspecified atom stereocenters. The Morgan fingerprint density at radius 3 is 1.30 bits per heavy atom. The van der Waals surface area contributed by atoms with Crippen molar-refractivity contribution in [3.8, 4) is 11.5 Å². The largest absolute Gasteiger partial charge is 0.507 e. The SMILES string of the molecule is CC(=Nc1ccccc1N=C(C)c1ccccc1O)c1ccccc1O.[Pt]. The van der Waals surface area contributed by atoms with Gasteiger partial charge in [0.2, 0.25) is 0 Å². The van der Waals surface area contributed by atoms with Crippen molar-refractivity contribution in [1.29, 1.82) is 0 Å². The van der Waals surface area contributed by atoms with Gasteiger partial charge in [0.1, 0.15) is 11.5 Å². The minimum absolute atomic E-state index is 0. The first-order valence-corrected chi connectivity index (χ1v) is 8.32. The summed E-state index contributed by atoms with van der Waals surface area (Å²) in [6, 6.07) is 21.8. The van der Waals surface area contributed by atoms with Crippen LogP contribution >= 0.6 is 0 Å². The molecular weight excluding hydrogens is 519 g/mol. The normalized spacial score (nSPS) is 11.8. The summed E-state index contributed by atoms with van der Waals surface area (Å²) in [6.07, 6.45) is 0. The van der Waals surface area contributed by atoms with E-state index in [-0.39, 0.29) is 32.6 Å². The van der Waals surface area contributed by atoms with E-state index in [1.165, 1.54) is 0 Å². The topological polar surface area (TPSA) is 65.2 Å². The van der Waals surface area contributed by atoms with Crippen LogP contribution in [0.2, 0.25) is 0 Å². The number of aliphatic imine (C=N–C) groups is 2. The fourth-order valence-corrected chi connectivity index (χ4v) is 2.69. The number of aromatic hydroxyl groups is 2. The molecule has 0 atom stereocenters. The number of nitrogens with zero attached hydrogens (tertiary/aromatic N) is 2. The van der Waals surface area contributed by atoms with Crippen LogP contribution in [0.5, 0.6) is 11.5 Å². The van der Waals surface area contributed by atoms with Gasteiger partial charge in [0, 0.05) is 43.6 Å². The molecule has 0 aliphatic carbocycles. The molecule has 0 bridgehead atoms. The van der Waals surface area contributed by atoms with Crippen molar-refractivity contribution >= 4 is 22.8 Å². The zero-order chi connectivity index (χ0) is 18.5. The van der Waals surface area contributed by atoms with E-state index in [1.54, 1.807) is 24.3 Å². The second-order valence-corrected chi connectivity index (χ2v) is 5.92. The molecule has 3 rings (SSSR count). The first kappa shape index (κ1) is 20.6. The van der Waals surface area contributed by atoms with Crippen LogP contribution < -0.4 is 0 Å². The zero-order valence-electron chi connectivity index (χ0n) is 15.0. The number of rotatable bonds is 4. The molecule has 0 aliphatic rings. The number of phenolic OH excluding ortho intramolecular Hbond substituents is 2. The summed E-state index contributed by atoms with van der Waals surface area (Å²) in [6.45, 7) is 3.71. The van der Waals surface area contributed by atoms with Crippen LogP contribution in [0.25, 0.3) is 0 Å². The van der Waals surface area contributed by atoms with Gasteiger partial charge in [-0.15, -0.1) is 0 Å². The van der Waals surface area contributed by atoms with Gasteiger partial charge in [0.15, 0.2) is 0 Å². The molecule has 27 heavy (non-hydrogen) atoms. The van der Waals surface area contributed by atoms with Crippen molar-refractivity contribution in [1.82, 2.24) is 0 Å². The molecule has 2 N–H and O–H groups in total. The molecule has 0 aromatic heterocycles. The summed E-state index contributed by atoms with van der Waals surface area (Å²) in [5, 5.41) is 20.0. The summed E-state index contributed by atoms with van der Waals surface area (Å²) < 4.78 is 0. The monoisotopic (exact) mass is 539 g/mol. The maximum Gasteiger partial charge on any atom is 0.124 e. The van der Waals surface area contributed by atoms with E-state index in [2.05, 4.69) is 9.98 Å². The molecule has 0 spiro atoms. The Labute approximate surface area is 173 Å². The molecule has 0 radical (unpaired) electrons. The molecule has 4 nitrogen and oxygen atoms in total. The van der Waals surface area contributed by atoms with Crippen LogP contribution in [0.3, 0.4) is 0 Å². The van der Waals surface area contributed by atoms with E-state index in [9.17, 15) is 10.2 Å². The van der Waals surface area contributed by atoms with Crippen LogP contribution in [0.4, 0.5) is 11.4 Å². The second-order valence-electron chi connectivity index (χ2n) is 5.92. The Kier molecular flexibility index (Phi) is 7.09. The first-order valence-electron chi connectivity index (χ1n) is 8.32. The van der Waals surface area contributed by atoms with E-state index in [1.807, 2.05) is 62.4 Å². The second kappa shape index (κ2) is 9.29. The van der Waals surface area contributed by atoms with Crippen molar-refractivity contribution in [2.45, 2.75) is 13.8 Å². The van der Waals surface area contributed by atoms with Crippen molar-refractivity contribution < 1.29 is 31.3 Å². The average molecular weight is 539 g/mol. The van der Waals surface area contributed by atoms with Crippen LogP contribution in [-0.4, -0.2) is 21.6 Å². The molecule has 0 saturated carbocycles. The Morgan fingerprint density at radius 2 is 0.926 bits per heavy atom. The average Bonchev–Trinajstić information content (AvgIpc) is 2.64. The summed E-state index contributed by atoms with van der Waals surface area (Å²) in [7, 11) is 0. The predicted molar refractivity (Wildman–Crippen MR) is 106 cm³/mol. The maximum atomic E-state index is 10.0. The van der Waals surface area contributed by atoms with E-state index >= 15 is 0 Å². The quantitative estimate of drug-likeness (QED) is 0.438. The molecule has 0 saturated heterocycles.